The monoisotopic (exact) mass is 471 g/mol. The highest BCUT2D eigenvalue weighted by atomic mass is 32.2. The van der Waals surface area contributed by atoms with Crippen molar-refractivity contribution in [2.24, 2.45) is 0 Å². The maximum Gasteiger partial charge on any atom is 0.265 e. The van der Waals surface area contributed by atoms with Gasteiger partial charge in [-0.15, -0.1) is 0 Å². The summed E-state index contributed by atoms with van der Waals surface area (Å²) in [6, 6.07) is 20.0. The third-order valence-corrected chi connectivity index (χ3v) is 8.22. The molecule has 1 N–H and O–H groups in total. The van der Waals surface area contributed by atoms with Crippen LogP contribution >= 0.6 is 0 Å². The molecule has 0 bridgehead atoms. The lowest BCUT2D eigenvalue weighted by molar-refractivity contribution is -0.114. The number of anilines is 3. The van der Waals surface area contributed by atoms with Crippen molar-refractivity contribution in [3.63, 3.8) is 0 Å². The number of nitrogens with zero attached hydrogens (tertiary/aromatic N) is 2. The number of amides is 1. The third-order valence-electron chi connectivity index (χ3n) is 5.20. The van der Waals surface area contributed by atoms with Crippen LogP contribution in [-0.4, -0.2) is 42.6 Å². The Labute approximate surface area is 187 Å². The highest BCUT2D eigenvalue weighted by Crippen LogP contribution is 2.42. The number of para-hydroxylation sites is 1. The molecule has 0 unspecified atom stereocenters. The lowest BCUT2D eigenvalue weighted by Gasteiger charge is -2.31. The van der Waals surface area contributed by atoms with E-state index in [-0.39, 0.29) is 4.90 Å². The second-order valence-electron chi connectivity index (χ2n) is 7.35. The first-order valence-electron chi connectivity index (χ1n) is 9.64. The standard InChI is InChI=1S/C22H21N3O5S2/c1-24(31(2,27)28)17-9-7-8-16(14-17)23-22(26)15-25-20-12-5-3-10-18(20)19-11-4-6-13-21(19)32(25,29)30/h3-14H,15H2,1-2H3,(H,23,26). The van der Waals surface area contributed by atoms with Crippen LogP contribution in [0.15, 0.2) is 77.7 Å². The number of hydrogen-bond acceptors (Lipinski definition) is 5. The molecule has 1 aliphatic heterocycles. The molecule has 0 aliphatic carbocycles. The maximum absolute atomic E-state index is 13.3. The molecule has 0 fully saturated rings. The smallest absolute Gasteiger partial charge is 0.265 e. The summed E-state index contributed by atoms with van der Waals surface area (Å²) < 4.78 is 52.3. The van der Waals surface area contributed by atoms with Gasteiger partial charge in [0.15, 0.2) is 0 Å². The Morgan fingerprint density at radius 2 is 1.62 bits per heavy atom. The quantitative estimate of drug-likeness (QED) is 0.616. The van der Waals surface area contributed by atoms with E-state index in [2.05, 4.69) is 5.32 Å². The lowest BCUT2D eigenvalue weighted by atomic mass is 10.0. The second kappa shape index (κ2) is 7.95. The zero-order valence-electron chi connectivity index (χ0n) is 17.4. The molecule has 3 aromatic rings. The number of fused-ring (bicyclic) bond motifs is 3. The predicted octanol–water partition coefficient (Wildman–Crippen LogP) is 2.90. The van der Waals surface area contributed by atoms with Crippen LogP contribution < -0.4 is 13.9 Å². The summed E-state index contributed by atoms with van der Waals surface area (Å²) in [6.45, 7) is -0.431. The molecule has 1 heterocycles. The summed E-state index contributed by atoms with van der Waals surface area (Å²) in [5.74, 6) is -0.554. The predicted molar refractivity (Wildman–Crippen MR) is 125 cm³/mol. The minimum Gasteiger partial charge on any atom is -0.324 e. The van der Waals surface area contributed by atoms with Gasteiger partial charge in [0.1, 0.15) is 6.54 Å². The van der Waals surface area contributed by atoms with E-state index in [0.717, 1.165) is 20.4 Å². The van der Waals surface area contributed by atoms with Gasteiger partial charge in [-0.05, 0) is 30.3 Å². The van der Waals surface area contributed by atoms with E-state index >= 15 is 0 Å². The molecule has 10 heteroatoms. The fourth-order valence-corrected chi connectivity index (χ4v) is 5.70. The summed E-state index contributed by atoms with van der Waals surface area (Å²) in [5.41, 5.74) is 2.46. The normalized spacial score (nSPS) is 14.2. The Morgan fingerprint density at radius 1 is 0.969 bits per heavy atom. The van der Waals surface area contributed by atoms with Gasteiger partial charge in [-0.2, -0.15) is 0 Å². The van der Waals surface area contributed by atoms with Crippen LogP contribution in [0.4, 0.5) is 17.1 Å². The number of carbonyl (C=O) groups excluding carboxylic acids is 1. The molecule has 0 saturated carbocycles. The summed E-state index contributed by atoms with van der Waals surface area (Å²) >= 11 is 0. The first-order valence-corrected chi connectivity index (χ1v) is 12.9. The molecule has 4 rings (SSSR count). The second-order valence-corrected chi connectivity index (χ2v) is 11.2. The molecule has 0 saturated heterocycles. The van der Waals surface area contributed by atoms with Gasteiger partial charge in [0, 0.05) is 23.9 Å². The van der Waals surface area contributed by atoms with Gasteiger partial charge in [0.2, 0.25) is 15.9 Å². The van der Waals surface area contributed by atoms with Crippen molar-refractivity contribution in [1.29, 1.82) is 0 Å². The molecule has 8 nitrogen and oxygen atoms in total. The summed E-state index contributed by atoms with van der Waals surface area (Å²) in [5, 5.41) is 2.66. The molecule has 32 heavy (non-hydrogen) atoms. The number of benzene rings is 3. The van der Waals surface area contributed by atoms with E-state index < -0.39 is 32.5 Å². The molecule has 0 radical (unpaired) electrons. The number of carbonyl (C=O) groups is 1. The molecule has 0 spiro atoms. The Morgan fingerprint density at radius 3 is 2.34 bits per heavy atom. The van der Waals surface area contributed by atoms with Crippen molar-refractivity contribution in [3.8, 4) is 11.1 Å². The minimum absolute atomic E-state index is 0.142. The van der Waals surface area contributed by atoms with E-state index in [1.807, 2.05) is 12.1 Å². The van der Waals surface area contributed by atoms with Gasteiger partial charge in [-0.3, -0.25) is 13.4 Å². The van der Waals surface area contributed by atoms with Crippen molar-refractivity contribution in [1.82, 2.24) is 0 Å². The molecule has 3 aromatic carbocycles. The van der Waals surface area contributed by atoms with Crippen molar-refractivity contribution < 1.29 is 21.6 Å². The molecular weight excluding hydrogens is 450 g/mol. The van der Waals surface area contributed by atoms with Crippen molar-refractivity contribution >= 4 is 43.0 Å². The number of rotatable bonds is 5. The Balaban J connectivity index is 1.63. The van der Waals surface area contributed by atoms with Gasteiger partial charge >= 0.3 is 0 Å². The topological polar surface area (TPSA) is 104 Å². The van der Waals surface area contributed by atoms with Crippen LogP contribution in [0.1, 0.15) is 0 Å². The van der Waals surface area contributed by atoms with Crippen molar-refractivity contribution in [2.75, 3.05) is 33.8 Å². The minimum atomic E-state index is -3.94. The summed E-state index contributed by atoms with van der Waals surface area (Å²) in [7, 11) is -6.00. The van der Waals surface area contributed by atoms with E-state index in [0.29, 0.717) is 22.6 Å². The molecule has 1 aliphatic rings. The van der Waals surface area contributed by atoms with Crippen LogP contribution in [0.3, 0.4) is 0 Å². The van der Waals surface area contributed by atoms with E-state index in [4.69, 9.17) is 0 Å². The van der Waals surface area contributed by atoms with Gasteiger partial charge < -0.3 is 5.32 Å². The molecule has 0 aromatic heterocycles. The van der Waals surface area contributed by atoms with E-state index in [1.54, 1.807) is 48.5 Å². The van der Waals surface area contributed by atoms with Crippen molar-refractivity contribution in [2.45, 2.75) is 4.90 Å². The highest BCUT2D eigenvalue weighted by molar-refractivity contribution is 7.93. The molecule has 0 atom stereocenters. The molecule has 166 valence electrons. The Hall–Kier alpha value is -3.37. The van der Waals surface area contributed by atoms with Crippen LogP contribution in [0.2, 0.25) is 0 Å². The maximum atomic E-state index is 13.3. The van der Waals surface area contributed by atoms with Crippen LogP contribution in [0.5, 0.6) is 0 Å². The number of nitrogens with one attached hydrogen (secondary N) is 1. The highest BCUT2D eigenvalue weighted by Gasteiger charge is 2.35. The first-order chi connectivity index (χ1) is 15.1. The average molecular weight is 472 g/mol. The zero-order valence-corrected chi connectivity index (χ0v) is 19.0. The Bertz CT molecular complexity index is 1420. The fraction of sp³-hybridized carbons (Fsp3) is 0.136. The Kier molecular flexibility index (Phi) is 5.43. The summed E-state index contributed by atoms with van der Waals surface area (Å²) in [6.07, 6.45) is 1.08. The number of sulfonamides is 2. The first kappa shape index (κ1) is 21.8. The van der Waals surface area contributed by atoms with E-state index in [1.165, 1.54) is 19.2 Å². The van der Waals surface area contributed by atoms with Crippen molar-refractivity contribution in [3.05, 3.63) is 72.8 Å². The average Bonchev–Trinajstić information content (AvgIpc) is 2.76. The largest absolute Gasteiger partial charge is 0.324 e. The summed E-state index contributed by atoms with van der Waals surface area (Å²) in [4.78, 5) is 13.0. The third kappa shape index (κ3) is 3.94. The fourth-order valence-electron chi connectivity index (χ4n) is 3.55. The number of hydrogen-bond donors (Lipinski definition) is 1. The van der Waals surface area contributed by atoms with Crippen LogP contribution in [0, 0.1) is 0 Å². The van der Waals surface area contributed by atoms with Gasteiger partial charge in [0.05, 0.1) is 22.5 Å². The van der Waals surface area contributed by atoms with Gasteiger partial charge in [-0.25, -0.2) is 16.8 Å². The van der Waals surface area contributed by atoms with E-state index in [9.17, 15) is 21.6 Å². The molecule has 1 amide bonds. The van der Waals surface area contributed by atoms with Crippen LogP contribution in [0.25, 0.3) is 11.1 Å². The van der Waals surface area contributed by atoms with Gasteiger partial charge in [-0.1, -0.05) is 42.5 Å². The lowest BCUT2D eigenvalue weighted by Crippen LogP contribution is -2.40. The zero-order chi connectivity index (χ0) is 23.1. The van der Waals surface area contributed by atoms with Crippen LogP contribution in [-0.2, 0) is 24.8 Å². The molecular formula is C22H21N3O5S2. The van der Waals surface area contributed by atoms with Gasteiger partial charge in [0.25, 0.3) is 10.0 Å². The SMILES string of the molecule is CN(c1cccc(NC(=O)CN2c3ccccc3-c3ccccc3S2(=O)=O)c1)S(C)(=O)=O.